The lowest BCUT2D eigenvalue weighted by atomic mass is 10.0. The quantitative estimate of drug-likeness (QED) is 0.152. The Kier molecular flexibility index (Phi) is 11.9. The molecule has 0 spiro atoms. The summed E-state index contributed by atoms with van der Waals surface area (Å²) in [4.78, 5) is 68.6. The first-order valence-corrected chi connectivity index (χ1v) is 15.0. The number of ether oxygens (including phenoxy) is 3. The molecule has 2 fully saturated rings. The summed E-state index contributed by atoms with van der Waals surface area (Å²) in [5.74, 6) is -0.317. The van der Waals surface area contributed by atoms with Crippen LogP contribution in [0.1, 0.15) is 81.6 Å². The van der Waals surface area contributed by atoms with E-state index in [2.05, 4.69) is 26.3 Å². The number of fused-ring (bicyclic) bond motifs is 1. The molecule has 15 heteroatoms. The second kappa shape index (κ2) is 14.3. The van der Waals surface area contributed by atoms with Gasteiger partial charge in [-0.05, 0) is 81.6 Å². The molecule has 0 bridgehead atoms. The van der Waals surface area contributed by atoms with E-state index in [1.165, 1.54) is 11.8 Å². The molecule has 0 saturated carbocycles. The zero-order valence-corrected chi connectivity index (χ0v) is 26.9. The fourth-order valence-corrected chi connectivity index (χ4v) is 5.42. The molecule has 0 unspecified atom stereocenters. The van der Waals surface area contributed by atoms with Crippen molar-refractivity contribution in [2.75, 3.05) is 18.8 Å². The molecule has 0 aromatic carbocycles. The first-order chi connectivity index (χ1) is 19.2. The minimum absolute atomic E-state index is 0.130. The van der Waals surface area contributed by atoms with E-state index in [4.69, 9.17) is 14.2 Å². The molecule has 2 saturated heterocycles. The average molecular weight is 615 g/mol. The number of guanidine groups is 1. The molecule has 14 nitrogen and oxygen atoms in total. The van der Waals surface area contributed by atoms with Crippen molar-refractivity contribution in [3.8, 4) is 0 Å². The Labute approximate surface area is 251 Å². The number of thioether (sulfide) groups is 1. The fourth-order valence-electron chi connectivity index (χ4n) is 3.99. The first-order valence-electron chi connectivity index (χ1n) is 14.0. The highest BCUT2D eigenvalue weighted by molar-refractivity contribution is 8.00. The third-order valence-electron chi connectivity index (χ3n) is 5.48. The Morgan fingerprint density at radius 2 is 1.38 bits per heavy atom. The minimum Gasteiger partial charge on any atom is -0.444 e. The number of nitrogens with zero attached hydrogens (tertiary/aromatic N) is 2. The van der Waals surface area contributed by atoms with E-state index < -0.39 is 47.2 Å². The smallest absolute Gasteiger partial charge is 0.414 e. The molecule has 0 aromatic heterocycles. The van der Waals surface area contributed by atoms with Gasteiger partial charge in [0.25, 0.3) is 0 Å². The lowest BCUT2D eigenvalue weighted by Crippen LogP contribution is -2.59. The van der Waals surface area contributed by atoms with Crippen LogP contribution < -0.4 is 21.3 Å². The number of rotatable bonds is 6. The molecular weight excluding hydrogens is 568 g/mol. The summed E-state index contributed by atoms with van der Waals surface area (Å²) in [7, 11) is 0. The van der Waals surface area contributed by atoms with Gasteiger partial charge in [-0.1, -0.05) is 0 Å². The number of alkyl carbamates (subject to hydrolysis) is 3. The molecule has 238 valence electrons. The monoisotopic (exact) mass is 614 g/mol. The van der Waals surface area contributed by atoms with Gasteiger partial charge in [0, 0.05) is 18.8 Å². The van der Waals surface area contributed by atoms with Crippen LogP contribution in [0.25, 0.3) is 0 Å². The van der Waals surface area contributed by atoms with Gasteiger partial charge in [-0.2, -0.15) is 0 Å². The first kappa shape index (κ1) is 35.0. The Morgan fingerprint density at radius 3 is 1.90 bits per heavy atom. The van der Waals surface area contributed by atoms with E-state index in [-0.39, 0.29) is 36.2 Å². The van der Waals surface area contributed by atoms with Gasteiger partial charge in [-0.15, -0.1) is 11.8 Å². The largest absolute Gasteiger partial charge is 0.444 e. The summed E-state index contributed by atoms with van der Waals surface area (Å²) in [6.45, 7) is 15.8. The summed E-state index contributed by atoms with van der Waals surface area (Å²) in [5, 5.41) is 10.1. The number of piperidine rings is 1. The molecule has 2 heterocycles. The van der Waals surface area contributed by atoms with E-state index >= 15 is 0 Å². The van der Waals surface area contributed by atoms with Crippen molar-refractivity contribution in [3.63, 3.8) is 0 Å². The molecule has 4 N–H and O–H groups in total. The summed E-state index contributed by atoms with van der Waals surface area (Å²) >= 11 is 1.54. The topological polar surface area (TPSA) is 177 Å². The van der Waals surface area contributed by atoms with Crippen molar-refractivity contribution in [2.24, 2.45) is 4.99 Å². The molecule has 2 aliphatic rings. The maximum atomic E-state index is 13.2. The maximum absolute atomic E-state index is 13.2. The fraction of sp³-hybridized carbons (Fsp3) is 0.778. The van der Waals surface area contributed by atoms with E-state index in [0.29, 0.717) is 25.0 Å². The van der Waals surface area contributed by atoms with Crippen LogP contribution in [0, 0.1) is 0 Å². The van der Waals surface area contributed by atoms with Gasteiger partial charge in [0.1, 0.15) is 28.9 Å². The van der Waals surface area contributed by atoms with Crippen LogP contribution in [0.5, 0.6) is 0 Å². The van der Waals surface area contributed by atoms with Crippen molar-refractivity contribution >= 4 is 47.8 Å². The van der Waals surface area contributed by atoms with E-state index in [9.17, 15) is 24.0 Å². The number of hydrogen-bond donors (Lipinski definition) is 4. The zero-order valence-electron chi connectivity index (χ0n) is 26.0. The third kappa shape index (κ3) is 12.3. The summed E-state index contributed by atoms with van der Waals surface area (Å²) in [6, 6.07) is -1.43. The van der Waals surface area contributed by atoms with Crippen molar-refractivity contribution < 1.29 is 38.2 Å². The summed E-state index contributed by atoms with van der Waals surface area (Å²) in [6.07, 6.45) is -0.784. The van der Waals surface area contributed by atoms with Crippen molar-refractivity contribution in [1.82, 2.24) is 26.2 Å². The van der Waals surface area contributed by atoms with E-state index in [0.717, 1.165) is 0 Å². The number of hydrogen-bond acceptors (Lipinski definition) is 10. The van der Waals surface area contributed by atoms with Crippen molar-refractivity contribution in [3.05, 3.63) is 0 Å². The standard InChI is InChI=1S/C27H46N6O8S/c1-25(2,3)39-22(36)30-16-11-12-18-33(20(16)35)17(15-42-18)19(34)28-13-10-14-29-21(31-23(37)40-26(4,5)6)32-24(38)41-27(7,8)9/h16-18H,10-15H2,1-9H3,(H,28,34)(H,30,36)(H2,29,31,32,37,38)/t16-,17+,18+/m1/s1. The molecule has 0 aromatic rings. The number of carbonyl (C=O) groups is 5. The predicted molar refractivity (Wildman–Crippen MR) is 158 cm³/mol. The predicted octanol–water partition coefficient (Wildman–Crippen LogP) is 2.86. The maximum Gasteiger partial charge on any atom is 0.414 e. The van der Waals surface area contributed by atoms with Crippen LogP contribution in [0.3, 0.4) is 0 Å². The molecule has 2 aliphatic heterocycles. The van der Waals surface area contributed by atoms with Crippen LogP contribution in [-0.4, -0.2) is 94.1 Å². The normalized spacial score (nSPS) is 20.5. The second-order valence-corrected chi connectivity index (χ2v) is 14.2. The number of aliphatic imine (C=N–C) groups is 1. The van der Waals surface area contributed by atoms with Gasteiger partial charge < -0.3 is 29.7 Å². The third-order valence-corrected chi connectivity index (χ3v) is 6.84. The van der Waals surface area contributed by atoms with Crippen molar-refractivity contribution in [1.29, 1.82) is 0 Å². The Morgan fingerprint density at radius 1 is 0.857 bits per heavy atom. The Bertz CT molecular complexity index is 1010. The zero-order chi connectivity index (χ0) is 31.9. The van der Waals surface area contributed by atoms with E-state index in [1.54, 1.807) is 67.2 Å². The SMILES string of the molecule is CC(C)(C)OC(=O)NC(=NCCCNC(=O)[C@@H]1CS[C@H]2CC[C@@H](NC(=O)OC(C)(C)C)C(=O)N21)NC(=O)OC(C)(C)C. The molecular formula is C27H46N6O8S. The Balaban J connectivity index is 1.92. The number of nitrogens with one attached hydrogen (secondary N) is 4. The summed E-state index contributed by atoms with van der Waals surface area (Å²) < 4.78 is 15.7. The minimum atomic E-state index is -0.801. The highest BCUT2D eigenvalue weighted by atomic mass is 32.2. The van der Waals surface area contributed by atoms with Gasteiger partial charge in [0.2, 0.25) is 17.8 Å². The summed E-state index contributed by atoms with van der Waals surface area (Å²) in [5.41, 5.74) is -2.21. The highest BCUT2D eigenvalue weighted by Gasteiger charge is 2.47. The van der Waals surface area contributed by atoms with Crippen LogP contribution in [0.15, 0.2) is 4.99 Å². The van der Waals surface area contributed by atoms with Gasteiger partial charge in [0.15, 0.2) is 0 Å². The second-order valence-electron chi connectivity index (χ2n) is 13.0. The van der Waals surface area contributed by atoms with Crippen LogP contribution >= 0.6 is 11.8 Å². The molecule has 2 rings (SSSR count). The number of carbonyl (C=O) groups excluding carboxylic acids is 5. The van der Waals surface area contributed by atoms with Gasteiger partial charge in [-0.3, -0.25) is 25.2 Å². The number of amides is 5. The molecule has 5 amide bonds. The lowest BCUT2D eigenvalue weighted by molar-refractivity contribution is -0.143. The van der Waals surface area contributed by atoms with E-state index in [1.807, 2.05) is 0 Å². The molecule has 42 heavy (non-hydrogen) atoms. The molecule has 0 radical (unpaired) electrons. The Hall–Kier alpha value is -3.23. The van der Waals surface area contributed by atoms with Crippen LogP contribution in [0.2, 0.25) is 0 Å². The van der Waals surface area contributed by atoms with Gasteiger partial charge in [-0.25, -0.2) is 14.4 Å². The molecule has 0 aliphatic carbocycles. The highest BCUT2D eigenvalue weighted by Crippen LogP contribution is 2.36. The average Bonchev–Trinajstić information content (AvgIpc) is 3.21. The molecule has 3 atom stereocenters. The van der Waals surface area contributed by atoms with Crippen LogP contribution in [-0.2, 0) is 23.8 Å². The van der Waals surface area contributed by atoms with Gasteiger partial charge in [0.05, 0.1) is 5.37 Å². The van der Waals surface area contributed by atoms with Crippen LogP contribution in [0.4, 0.5) is 14.4 Å². The lowest BCUT2D eigenvalue weighted by Gasteiger charge is -2.37. The van der Waals surface area contributed by atoms with Gasteiger partial charge >= 0.3 is 18.3 Å². The van der Waals surface area contributed by atoms with Crippen molar-refractivity contribution in [2.45, 2.75) is 116 Å².